The molecule has 0 radical (unpaired) electrons. The average Bonchev–Trinajstić information content (AvgIpc) is 2.91. The minimum Gasteiger partial charge on any atom is -0.475 e. The van der Waals surface area contributed by atoms with Gasteiger partial charge in [-0.2, -0.15) is 0 Å². The van der Waals surface area contributed by atoms with Gasteiger partial charge >= 0.3 is 12.1 Å². The van der Waals surface area contributed by atoms with E-state index in [2.05, 4.69) is 5.16 Å². The predicted molar refractivity (Wildman–Crippen MR) is 73.1 cm³/mol. The minimum absolute atomic E-state index is 0.201. The third-order valence-corrected chi connectivity index (χ3v) is 3.32. The number of likely N-dealkylation sites (tertiary alicyclic amines) is 1. The molecule has 1 aliphatic rings. The zero-order valence-electron chi connectivity index (χ0n) is 12.7. The van der Waals surface area contributed by atoms with Crippen molar-refractivity contribution in [2.24, 2.45) is 0 Å². The Morgan fingerprint density at radius 1 is 1.43 bits per heavy atom. The highest BCUT2D eigenvalue weighted by molar-refractivity contribution is 5.86. The summed E-state index contributed by atoms with van der Waals surface area (Å²) in [5.41, 5.74) is 0.363. The lowest BCUT2D eigenvalue weighted by molar-refractivity contribution is 0.0220. The van der Waals surface area contributed by atoms with Crippen LogP contribution in [0, 0.1) is 6.92 Å². The number of carboxylic acids is 1. The summed E-state index contributed by atoms with van der Waals surface area (Å²) >= 11 is 0. The van der Waals surface area contributed by atoms with E-state index in [1.54, 1.807) is 32.6 Å². The van der Waals surface area contributed by atoms with Crippen molar-refractivity contribution in [3.8, 4) is 0 Å². The first-order valence-electron chi connectivity index (χ1n) is 6.90. The fourth-order valence-corrected chi connectivity index (χ4v) is 2.53. The molecule has 0 saturated carbocycles. The standard InChI is InChI=1S/C14H20N2O5/c1-8-10(11(12(17)18)21-15-8)9-6-5-7-16(9)13(19)20-14(2,3)4/h9H,5-7H2,1-4H3,(H,17,18). The Bertz CT molecular complexity index is 558. The molecule has 1 aromatic heterocycles. The summed E-state index contributed by atoms with van der Waals surface area (Å²) in [6, 6.07) is -0.364. The Labute approximate surface area is 122 Å². The smallest absolute Gasteiger partial charge is 0.410 e. The molecule has 1 aromatic rings. The molecule has 1 aliphatic heterocycles. The SMILES string of the molecule is Cc1noc(C(=O)O)c1C1CCCN1C(=O)OC(C)(C)C. The molecule has 116 valence electrons. The number of carbonyl (C=O) groups is 2. The molecule has 0 spiro atoms. The van der Waals surface area contributed by atoms with E-state index < -0.39 is 17.7 Å². The third kappa shape index (κ3) is 3.17. The quantitative estimate of drug-likeness (QED) is 0.902. The Hall–Kier alpha value is -2.05. The Morgan fingerprint density at radius 3 is 2.67 bits per heavy atom. The summed E-state index contributed by atoms with van der Waals surface area (Å²) in [5.74, 6) is -1.38. The van der Waals surface area contributed by atoms with Crippen LogP contribution in [0.4, 0.5) is 4.79 Å². The molecule has 1 amide bonds. The van der Waals surface area contributed by atoms with E-state index in [1.807, 2.05) is 0 Å². The van der Waals surface area contributed by atoms with E-state index in [-0.39, 0.29) is 11.8 Å². The van der Waals surface area contributed by atoms with Gasteiger partial charge in [0.25, 0.3) is 0 Å². The van der Waals surface area contributed by atoms with Gasteiger partial charge in [-0.15, -0.1) is 0 Å². The zero-order valence-corrected chi connectivity index (χ0v) is 12.7. The molecule has 7 heteroatoms. The highest BCUT2D eigenvalue weighted by Gasteiger charge is 2.38. The Balaban J connectivity index is 2.29. The highest BCUT2D eigenvalue weighted by atomic mass is 16.6. The van der Waals surface area contributed by atoms with Gasteiger partial charge in [-0.25, -0.2) is 9.59 Å². The molecule has 2 heterocycles. The lowest BCUT2D eigenvalue weighted by Gasteiger charge is -2.28. The third-order valence-electron chi connectivity index (χ3n) is 3.32. The maximum Gasteiger partial charge on any atom is 0.410 e. The number of aromatic carboxylic acids is 1. The molecule has 1 fully saturated rings. The van der Waals surface area contributed by atoms with E-state index in [1.165, 1.54) is 0 Å². The number of amides is 1. The van der Waals surface area contributed by atoms with Crippen molar-refractivity contribution in [1.82, 2.24) is 10.1 Å². The van der Waals surface area contributed by atoms with Crippen LogP contribution in [0.25, 0.3) is 0 Å². The summed E-state index contributed by atoms with van der Waals surface area (Å²) in [5, 5.41) is 12.9. The van der Waals surface area contributed by atoms with Crippen LogP contribution in [-0.4, -0.2) is 39.4 Å². The monoisotopic (exact) mass is 296 g/mol. The van der Waals surface area contributed by atoms with Crippen molar-refractivity contribution >= 4 is 12.1 Å². The van der Waals surface area contributed by atoms with Crippen LogP contribution in [0.5, 0.6) is 0 Å². The summed E-state index contributed by atoms with van der Waals surface area (Å²) in [6.45, 7) is 7.59. The Kier molecular flexibility index (Phi) is 3.93. The molecule has 1 unspecified atom stereocenters. The second-order valence-electron chi connectivity index (χ2n) is 6.15. The van der Waals surface area contributed by atoms with Crippen molar-refractivity contribution in [2.45, 2.75) is 52.2 Å². The van der Waals surface area contributed by atoms with E-state index in [0.717, 1.165) is 6.42 Å². The van der Waals surface area contributed by atoms with Crippen LogP contribution in [0.3, 0.4) is 0 Å². The molecule has 1 saturated heterocycles. The van der Waals surface area contributed by atoms with Gasteiger partial charge in [0.05, 0.1) is 17.3 Å². The summed E-state index contributed by atoms with van der Waals surface area (Å²) in [7, 11) is 0. The zero-order chi connectivity index (χ0) is 15.8. The van der Waals surface area contributed by atoms with Crippen LogP contribution < -0.4 is 0 Å². The van der Waals surface area contributed by atoms with Crippen LogP contribution in [0.15, 0.2) is 4.52 Å². The van der Waals surface area contributed by atoms with E-state index >= 15 is 0 Å². The molecule has 0 aromatic carbocycles. The summed E-state index contributed by atoms with van der Waals surface area (Å²) in [6.07, 6.45) is 1.01. The van der Waals surface area contributed by atoms with Crippen molar-refractivity contribution in [2.75, 3.05) is 6.54 Å². The van der Waals surface area contributed by atoms with Gasteiger partial charge in [-0.3, -0.25) is 0 Å². The van der Waals surface area contributed by atoms with Crippen LogP contribution in [-0.2, 0) is 4.74 Å². The van der Waals surface area contributed by atoms with Crippen LogP contribution >= 0.6 is 0 Å². The second kappa shape index (κ2) is 5.38. The average molecular weight is 296 g/mol. The molecular weight excluding hydrogens is 276 g/mol. The normalized spacial score (nSPS) is 18.9. The van der Waals surface area contributed by atoms with Gasteiger partial charge in [0.2, 0.25) is 5.76 Å². The number of rotatable bonds is 2. The topological polar surface area (TPSA) is 92.9 Å². The molecule has 2 rings (SSSR count). The predicted octanol–water partition coefficient (Wildman–Crippen LogP) is 2.75. The summed E-state index contributed by atoms with van der Waals surface area (Å²) < 4.78 is 10.2. The fraction of sp³-hybridized carbons (Fsp3) is 0.643. The minimum atomic E-state index is -1.18. The number of carbonyl (C=O) groups excluding carboxylic acids is 1. The lowest BCUT2D eigenvalue weighted by Crippen LogP contribution is -2.36. The van der Waals surface area contributed by atoms with Gasteiger partial charge in [0, 0.05) is 6.54 Å². The number of hydrogen-bond donors (Lipinski definition) is 1. The molecular formula is C14H20N2O5. The first-order chi connectivity index (χ1) is 9.70. The number of aryl methyl sites for hydroxylation is 1. The van der Waals surface area contributed by atoms with Crippen molar-refractivity contribution in [1.29, 1.82) is 0 Å². The Morgan fingerprint density at radius 2 is 2.10 bits per heavy atom. The maximum atomic E-state index is 12.3. The van der Waals surface area contributed by atoms with Crippen LogP contribution in [0.1, 0.15) is 61.5 Å². The second-order valence-corrected chi connectivity index (χ2v) is 6.15. The van der Waals surface area contributed by atoms with Crippen LogP contribution in [0.2, 0.25) is 0 Å². The van der Waals surface area contributed by atoms with E-state index in [4.69, 9.17) is 9.26 Å². The number of carboxylic acid groups (broad SMARTS) is 1. The largest absolute Gasteiger partial charge is 0.475 e. The van der Waals surface area contributed by atoms with Gasteiger partial charge < -0.3 is 19.3 Å². The van der Waals surface area contributed by atoms with Crippen molar-refractivity contribution in [3.63, 3.8) is 0 Å². The number of hydrogen-bond acceptors (Lipinski definition) is 5. The molecule has 0 bridgehead atoms. The number of nitrogens with zero attached hydrogens (tertiary/aromatic N) is 2. The fourth-order valence-electron chi connectivity index (χ4n) is 2.53. The summed E-state index contributed by atoms with van der Waals surface area (Å²) in [4.78, 5) is 25.0. The molecule has 1 atom stereocenters. The maximum absolute atomic E-state index is 12.3. The van der Waals surface area contributed by atoms with Gasteiger partial charge in [-0.1, -0.05) is 5.16 Å². The number of ether oxygens (including phenoxy) is 1. The molecule has 0 aliphatic carbocycles. The van der Waals surface area contributed by atoms with Crippen molar-refractivity contribution < 1.29 is 24.0 Å². The molecule has 1 N–H and O–H groups in total. The lowest BCUT2D eigenvalue weighted by atomic mass is 10.0. The van der Waals surface area contributed by atoms with E-state index in [0.29, 0.717) is 24.2 Å². The van der Waals surface area contributed by atoms with Gasteiger partial charge in [0.1, 0.15) is 5.60 Å². The molecule has 21 heavy (non-hydrogen) atoms. The van der Waals surface area contributed by atoms with Crippen molar-refractivity contribution in [3.05, 3.63) is 17.0 Å². The first-order valence-corrected chi connectivity index (χ1v) is 6.90. The van der Waals surface area contributed by atoms with Gasteiger partial charge in [-0.05, 0) is 40.5 Å². The van der Waals surface area contributed by atoms with Gasteiger partial charge in [0.15, 0.2) is 0 Å². The molecule has 7 nitrogen and oxygen atoms in total. The van der Waals surface area contributed by atoms with E-state index in [9.17, 15) is 14.7 Å². The number of aromatic nitrogens is 1. The first kappa shape index (κ1) is 15.3. The highest BCUT2D eigenvalue weighted by Crippen LogP contribution is 2.36.